The SMILES string of the molecule is CC1=C(CCCCC(C)C)C(=O)[N+]2=CC=CCC2=N1. The van der Waals surface area contributed by atoms with Crippen LogP contribution in [0.25, 0.3) is 0 Å². The second kappa shape index (κ2) is 6.09. The maximum atomic E-state index is 12.4. The number of fused-ring (bicyclic) bond motifs is 1. The highest BCUT2D eigenvalue weighted by atomic mass is 16.2. The van der Waals surface area contributed by atoms with Gasteiger partial charge in [-0.05, 0) is 29.8 Å². The summed E-state index contributed by atoms with van der Waals surface area (Å²) in [7, 11) is 0. The molecule has 0 aromatic rings. The Balaban J connectivity index is 2.04. The minimum atomic E-state index is 0.122. The van der Waals surface area contributed by atoms with Crippen molar-refractivity contribution in [2.24, 2.45) is 10.9 Å². The fraction of sp³-hybridized carbons (Fsp3) is 0.562. The van der Waals surface area contributed by atoms with Crippen molar-refractivity contribution in [2.45, 2.75) is 52.9 Å². The van der Waals surface area contributed by atoms with E-state index in [9.17, 15) is 4.79 Å². The summed E-state index contributed by atoms with van der Waals surface area (Å²) in [6, 6.07) is 0. The number of rotatable bonds is 5. The highest BCUT2D eigenvalue weighted by Crippen LogP contribution is 2.22. The van der Waals surface area contributed by atoms with Crippen LogP contribution >= 0.6 is 0 Å². The number of hydrogen-bond acceptors (Lipinski definition) is 2. The summed E-state index contributed by atoms with van der Waals surface area (Å²) >= 11 is 0. The van der Waals surface area contributed by atoms with Gasteiger partial charge in [0.2, 0.25) is 0 Å². The summed E-state index contributed by atoms with van der Waals surface area (Å²) in [6.07, 6.45) is 10.9. The molecule has 0 aromatic carbocycles. The van der Waals surface area contributed by atoms with Crippen molar-refractivity contribution in [1.29, 1.82) is 0 Å². The number of carbonyl (C=O) groups is 1. The normalized spacial score (nSPS) is 18.6. The van der Waals surface area contributed by atoms with Gasteiger partial charge in [0.05, 0.1) is 18.2 Å². The molecule has 0 unspecified atom stereocenters. The molecule has 3 heteroatoms. The van der Waals surface area contributed by atoms with E-state index in [2.05, 4.69) is 18.8 Å². The van der Waals surface area contributed by atoms with E-state index in [-0.39, 0.29) is 5.91 Å². The van der Waals surface area contributed by atoms with E-state index in [4.69, 9.17) is 0 Å². The van der Waals surface area contributed by atoms with Gasteiger partial charge in [-0.1, -0.05) is 32.8 Å². The number of carbonyl (C=O) groups excluding carboxylic acids is 1. The van der Waals surface area contributed by atoms with Gasteiger partial charge in [-0.3, -0.25) is 0 Å². The largest absolute Gasteiger partial charge is 0.345 e. The lowest BCUT2D eigenvalue weighted by Gasteiger charge is -2.14. The van der Waals surface area contributed by atoms with Crippen LogP contribution < -0.4 is 0 Å². The molecule has 2 aliphatic rings. The topological polar surface area (TPSA) is 32.4 Å². The summed E-state index contributed by atoms with van der Waals surface area (Å²) in [5, 5.41) is 0. The van der Waals surface area contributed by atoms with E-state index in [1.165, 1.54) is 12.8 Å². The summed E-state index contributed by atoms with van der Waals surface area (Å²) in [4.78, 5) is 17.0. The maximum Gasteiger partial charge on any atom is 0.345 e. The average Bonchev–Trinajstić information content (AvgIpc) is 2.37. The third-order valence-electron chi connectivity index (χ3n) is 3.62. The minimum Gasteiger partial charge on any atom is -0.241 e. The van der Waals surface area contributed by atoms with Crippen LogP contribution in [0.2, 0.25) is 0 Å². The molecule has 0 saturated heterocycles. The summed E-state index contributed by atoms with van der Waals surface area (Å²) in [5.41, 5.74) is 1.79. The summed E-state index contributed by atoms with van der Waals surface area (Å²) in [5.74, 6) is 1.72. The van der Waals surface area contributed by atoms with Gasteiger partial charge in [0.25, 0.3) is 0 Å². The molecular formula is C16H23N2O+. The number of amides is 1. The second-order valence-corrected chi connectivity index (χ2v) is 5.69. The lowest BCUT2D eigenvalue weighted by molar-refractivity contribution is -0.333. The quantitative estimate of drug-likeness (QED) is 0.549. The number of aliphatic imine (C=N–C) groups is 1. The standard InChI is InChI=1S/C16H23N2O/c1-12(2)8-4-5-9-14-13(3)17-15-10-6-7-11-18(15)16(14)19/h6-7,11-12H,4-5,8-10H2,1-3H3/q+1. The molecule has 102 valence electrons. The van der Waals surface area contributed by atoms with Crippen molar-refractivity contribution in [3.8, 4) is 0 Å². The zero-order valence-corrected chi connectivity index (χ0v) is 12.1. The van der Waals surface area contributed by atoms with Crippen LogP contribution in [0.5, 0.6) is 0 Å². The predicted molar refractivity (Wildman–Crippen MR) is 78.5 cm³/mol. The zero-order valence-electron chi connectivity index (χ0n) is 12.1. The molecule has 2 rings (SSSR count). The van der Waals surface area contributed by atoms with E-state index >= 15 is 0 Å². The molecule has 0 N–H and O–H groups in total. The van der Waals surface area contributed by atoms with Crippen LogP contribution in [-0.2, 0) is 4.79 Å². The summed E-state index contributed by atoms with van der Waals surface area (Å²) in [6.45, 7) is 6.43. The van der Waals surface area contributed by atoms with E-state index in [1.54, 1.807) is 4.58 Å². The third-order valence-corrected chi connectivity index (χ3v) is 3.62. The zero-order chi connectivity index (χ0) is 13.8. The molecule has 1 amide bonds. The van der Waals surface area contributed by atoms with Crippen LogP contribution in [-0.4, -0.2) is 22.5 Å². The lowest BCUT2D eigenvalue weighted by atomic mass is 10.00. The molecule has 0 bridgehead atoms. The van der Waals surface area contributed by atoms with Gasteiger partial charge in [-0.25, -0.2) is 4.79 Å². The average molecular weight is 259 g/mol. The Hall–Kier alpha value is -1.51. The van der Waals surface area contributed by atoms with Crippen molar-refractivity contribution in [2.75, 3.05) is 0 Å². The Morgan fingerprint density at radius 1 is 1.37 bits per heavy atom. The van der Waals surface area contributed by atoms with Gasteiger partial charge in [0, 0.05) is 6.92 Å². The smallest absolute Gasteiger partial charge is 0.241 e. The number of allylic oxidation sites excluding steroid dienone is 2. The van der Waals surface area contributed by atoms with Crippen molar-refractivity contribution >= 4 is 18.0 Å². The highest BCUT2D eigenvalue weighted by molar-refractivity contribution is 6.03. The summed E-state index contributed by atoms with van der Waals surface area (Å²) < 4.78 is 1.70. The molecule has 3 nitrogen and oxygen atoms in total. The molecule has 0 radical (unpaired) electrons. The Morgan fingerprint density at radius 3 is 2.89 bits per heavy atom. The lowest BCUT2D eigenvalue weighted by Crippen LogP contribution is -2.34. The first-order chi connectivity index (χ1) is 9.09. The number of amidine groups is 1. The molecule has 0 aliphatic carbocycles. The number of hydrogen-bond donors (Lipinski definition) is 0. The van der Waals surface area contributed by atoms with Crippen LogP contribution in [0.1, 0.15) is 52.9 Å². The molecular weight excluding hydrogens is 236 g/mol. The molecule has 19 heavy (non-hydrogen) atoms. The first-order valence-electron chi connectivity index (χ1n) is 7.20. The highest BCUT2D eigenvalue weighted by Gasteiger charge is 2.33. The van der Waals surface area contributed by atoms with Gasteiger partial charge in [0.15, 0.2) is 5.70 Å². The van der Waals surface area contributed by atoms with Crippen molar-refractivity contribution in [1.82, 2.24) is 0 Å². The van der Waals surface area contributed by atoms with E-state index in [0.717, 1.165) is 42.3 Å². The van der Waals surface area contributed by atoms with E-state index in [0.29, 0.717) is 0 Å². The molecule has 2 aliphatic heterocycles. The minimum absolute atomic E-state index is 0.122. The molecule has 2 heterocycles. The molecule has 0 aromatic heterocycles. The van der Waals surface area contributed by atoms with Gasteiger partial charge < -0.3 is 0 Å². The Morgan fingerprint density at radius 2 is 2.16 bits per heavy atom. The van der Waals surface area contributed by atoms with Crippen molar-refractivity contribution in [3.05, 3.63) is 23.4 Å². The van der Waals surface area contributed by atoms with E-state index in [1.807, 2.05) is 25.3 Å². The number of unbranched alkanes of at least 4 members (excludes halogenated alkanes) is 1. The third kappa shape index (κ3) is 3.28. The molecule has 0 spiro atoms. The van der Waals surface area contributed by atoms with E-state index < -0.39 is 0 Å². The fourth-order valence-corrected chi connectivity index (χ4v) is 2.49. The first-order valence-corrected chi connectivity index (χ1v) is 7.20. The monoisotopic (exact) mass is 259 g/mol. The Kier molecular flexibility index (Phi) is 4.46. The Labute approximate surface area is 115 Å². The Bertz CT molecular complexity index is 493. The first kappa shape index (κ1) is 13.9. The predicted octanol–water partition coefficient (Wildman–Crippen LogP) is 3.46. The van der Waals surface area contributed by atoms with Crippen molar-refractivity contribution < 1.29 is 9.37 Å². The van der Waals surface area contributed by atoms with Gasteiger partial charge in [-0.2, -0.15) is 4.58 Å². The van der Waals surface area contributed by atoms with Crippen LogP contribution in [0.3, 0.4) is 0 Å². The van der Waals surface area contributed by atoms with Gasteiger partial charge in [0.1, 0.15) is 0 Å². The molecule has 0 atom stereocenters. The van der Waals surface area contributed by atoms with Gasteiger partial charge >= 0.3 is 11.7 Å². The van der Waals surface area contributed by atoms with Crippen LogP contribution in [0, 0.1) is 5.92 Å². The van der Waals surface area contributed by atoms with Crippen LogP contribution in [0.15, 0.2) is 28.4 Å². The van der Waals surface area contributed by atoms with Gasteiger partial charge in [-0.15, -0.1) is 0 Å². The van der Waals surface area contributed by atoms with Crippen molar-refractivity contribution in [3.63, 3.8) is 0 Å². The second-order valence-electron chi connectivity index (χ2n) is 5.69. The molecule has 0 saturated carbocycles. The van der Waals surface area contributed by atoms with Crippen LogP contribution in [0.4, 0.5) is 0 Å². The fourth-order valence-electron chi connectivity index (χ4n) is 2.49. The maximum absolute atomic E-state index is 12.4. The number of nitrogens with zero attached hydrogens (tertiary/aromatic N) is 2. The molecule has 0 fully saturated rings.